The summed E-state index contributed by atoms with van der Waals surface area (Å²) >= 11 is 0. The van der Waals surface area contributed by atoms with Crippen LogP contribution >= 0.6 is 0 Å². The van der Waals surface area contributed by atoms with Crippen molar-refractivity contribution >= 4 is 17.3 Å². The molecule has 0 aromatic heterocycles. The fourth-order valence-electron chi connectivity index (χ4n) is 3.65. The highest BCUT2D eigenvalue weighted by atomic mass is 16.6. The van der Waals surface area contributed by atoms with E-state index >= 15 is 0 Å². The summed E-state index contributed by atoms with van der Waals surface area (Å²) < 4.78 is 0. The zero-order valence-corrected chi connectivity index (χ0v) is 11.0. The number of anilines is 1. The summed E-state index contributed by atoms with van der Waals surface area (Å²) in [4.78, 5) is 22.6. The van der Waals surface area contributed by atoms with E-state index in [9.17, 15) is 14.9 Å². The molecule has 4 unspecified atom stereocenters. The van der Waals surface area contributed by atoms with Crippen molar-refractivity contribution in [3.8, 4) is 0 Å². The average Bonchev–Trinajstić information content (AvgIpc) is 2.99. The number of carbonyl (C=O) groups is 1. The molecule has 0 radical (unpaired) electrons. The lowest BCUT2D eigenvalue weighted by molar-refractivity contribution is -0.384. The number of fused-ring (bicyclic) bond motifs is 2. The van der Waals surface area contributed by atoms with Crippen LogP contribution < -0.4 is 11.1 Å². The molecule has 2 saturated carbocycles. The van der Waals surface area contributed by atoms with Crippen LogP contribution in [-0.2, 0) is 4.79 Å². The predicted molar refractivity (Wildman–Crippen MR) is 74.0 cm³/mol. The minimum atomic E-state index is -0.473. The van der Waals surface area contributed by atoms with Gasteiger partial charge in [0.25, 0.3) is 5.69 Å². The van der Waals surface area contributed by atoms with Gasteiger partial charge in [0.2, 0.25) is 5.91 Å². The molecule has 2 fully saturated rings. The van der Waals surface area contributed by atoms with E-state index in [1.807, 2.05) is 0 Å². The molecule has 2 aliphatic carbocycles. The van der Waals surface area contributed by atoms with Crippen LogP contribution in [0.2, 0.25) is 0 Å². The Morgan fingerprint density at radius 1 is 1.35 bits per heavy atom. The number of benzene rings is 1. The van der Waals surface area contributed by atoms with Gasteiger partial charge >= 0.3 is 0 Å². The lowest BCUT2D eigenvalue weighted by Crippen LogP contribution is -2.42. The Balaban J connectivity index is 1.73. The van der Waals surface area contributed by atoms with Crippen LogP contribution in [0.25, 0.3) is 0 Å². The molecule has 106 valence electrons. The number of amides is 1. The summed E-state index contributed by atoms with van der Waals surface area (Å²) in [5.41, 5.74) is 6.56. The summed E-state index contributed by atoms with van der Waals surface area (Å²) in [6.45, 7) is 0. The smallest absolute Gasteiger partial charge is 0.271 e. The first-order chi connectivity index (χ1) is 9.56. The molecule has 1 amide bonds. The second-order valence-corrected chi connectivity index (χ2v) is 5.73. The molecule has 0 saturated heterocycles. The van der Waals surface area contributed by atoms with Gasteiger partial charge in [0, 0.05) is 23.9 Å². The highest BCUT2D eigenvalue weighted by Crippen LogP contribution is 2.47. The zero-order valence-electron chi connectivity index (χ0n) is 11.0. The van der Waals surface area contributed by atoms with Gasteiger partial charge in [-0.15, -0.1) is 0 Å². The maximum absolute atomic E-state index is 12.3. The van der Waals surface area contributed by atoms with Gasteiger partial charge in [-0.25, -0.2) is 0 Å². The van der Waals surface area contributed by atoms with Gasteiger partial charge in [-0.3, -0.25) is 14.9 Å². The van der Waals surface area contributed by atoms with E-state index in [0.29, 0.717) is 17.5 Å². The molecular weight excluding hydrogens is 258 g/mol. The van der Waals surface area contributed by atoms with E-state index in [-0.39, 0.29) is 23.6 Å². The van der Waals surface area contributed by atoms with Crippen LogP contribution in [0, 0.1) is 27.9 Å². The van der Waals surface area contributed by atoms with Crippen LogP contribution in [0.3, 0.4) is 0 Å². The first-order valence-corrected chi connectivity index (χ1v) is 6.87. The molecule has 0 aliphatic heterocycles. The zero-order chi connectivity index (χ0) is 14.3. The van der Waals surface area contributed by atoms with Gasteiger partial charge in [0.1, 0.15) is 0 Å². The van der Waals surface area contributed by atoms with E-state index in [1.165, 1.54) is 12.1 Å². The number of hydrogen-bond acceptors (Lipinski definition) is 4. The summed E-state index contributed by atoms with van der Waals surface area (Å²) in [5.74, 6) is 0.563. The molecule has 0 heterocycles. The number of rotatable bonds is 3. The molecule has 2 bridgehead atoms. The summed E-state index contributed by atoms with van der Waals surface area (Å²) in [6.07, 6.45) is 3.21. The van der Waals surface area contributed by atoms with Gasteiger partial charge in [0.15, 0.2) is 0 Å². The van der Waals surface area contributed by atoms with Crippen molar-refractivity contribution in [2.24, 2.45) is 23.5 Å². The fraction of sp³-hybridized carbons (Fsp3) is 0.500. The highest BCUT2D eigenvalue weighted by Gasteiger charge is 2.49. The normalized spacial score (nSPS) is 31.2. The number of non-ortho nitro benzene ring substituents is 1. The molecule has 1 aromatic carbocycles. The molecular formula is C14H17N3O3. The number of carbonyl (C=O) groups excluding carboxylic acids is 1. The molecule has 20 heavy (non-hydrogen) atoms. The van der Waals surface area contributed by atoms with Crippen molar-refractivity contribution in [1.29, 1.82) is 0 Å². The average molecular weight is 275 g/mol. The van der Waals surface area contributed by atoms with Crippen LogP contribution in [0.15, 0.2) is 24.3 Å². The van der Waals surface area contributed by atoms with E-state index in [4.69, 9.17) is 5.73 Å². The third-order valence-corrected chi connectivity index (χ3v) is 4.61. The van der Waals surface area contributed by atoms with Crippen LogP contribution in [0.1, 0.15) is 19.3 Å². The lowest BCUT2D eigenvalue weighted by atomic mass is 9.84. The standard InChI is InChI=1S/C14H17N3O3/c15-13-9-5-4-8(6-9)12(13)14(18)16-10-2-1-3-11(7-10)17(19)20/h1-3,7-9,12-13H,4-6,15H2,(H,16,18). The Hall–Kier alpha value is -1.95. The molecule has 3 rings (SSSR count). The topological polar surface area (TPSA) is 98.3 Å². The van der Waals surface area contributed by atoms with Crippen molar-refractivity contribution in [3.05, 3.63) is 34.4 Å². The molecule has 1 aromatic rings. The predicted octanol–water partition coefficient (Wildman–Crippen LogP) is 1.91. The maximum atomic E-state index is 12.3. The lowest BCUT2D eigenvalue weighted by Gasteiger charge is -2.26. The Labute approximate surface area is 116 Å². The van der Waals surface area contributed by atoms with E-state index in [0.717, 1.165) is 19.3 Å². The number of nitro benzene ring substituents is 1. The number of nitrogens with two attached hydrogens (primary N) is 1. The molecule has 2 aliphatic rings. The van der Waals surface area contributed by atoms with Gasteiger partial charge in [0.05, 0.1) is 10.8 Å². The first kappa shape index (κ1) is 13.1. The SMILES string of the molecule is NC1C2CCC(C2)C1C(=O)Nc1cccc([N+](=O)[O-])c1. The van der Waals surface area contributed by atoms with E-state index in [1.54, 1.807) is 12.1 Å². The second-order valence-electron chi connectivity index (χ2n) is 5.73. The maximum Gasteiger partial charge on any atom is 0.271 e. The minimum absolute atomic E-state index is 0.0277. The van der Waals surface area contributed by atoms with Crippen molar-refractivity contribution < 1.29 is 9.72 Å². The van der Waals surface area contributed by atoms with E-state index in [2.05, 4.69) is 5.32 Å². The molecule has 4 atom stereocenters. The largest absolute Gasteiger partial charge is 0.327 e. The molecule has 0 spiro atoms. The third-order valence-electron chi connectivity index (χ3n) is 4.61. The van der Waals surface area contributed by atoms with Gasteiger partial charge in [-0.05, 0) is 37.2 Å². The van der Waals surface area contributed by atoms with Gasteiger partial charge in [-0.1, -0.05) is 6.07 Å². The second kappa shape index (κ2) is 4.86. The van der Waals surface area contributed by atoms with Crippen LogP contribution in [0.5, 0.6) is 0 Å². The summed E-state index contributed by atoms with van der Waals surface area (Å²) in [7, 11) is 0. The Bertz CT molecular complexity index is 558. The third kappa shape index (κ3) is 2.16. The quantitative estimate of drug-likeness (QED) is 0.650. The summed E-state index contributed by atoms with van der Waals surface area (Å²) in [5, 5.41) is 13.5. The molecule has 3 N–H and O–H groups in total. The van der Waals surface area contributed by atoms with Crippen LogP contribution in [0.4, 0.5) is 11.4 Å². The van der Waals surface area contributed by atoms with Gasteiger partial charge < -0.3 is 11.1 Å². The first-order valence-electron chi connectivity index (χ1n) is 6.87. The number of nitro groups is 1. The Morgan fingerprint density at radius 3 is 2.75 bits per heavy atom. The van der Waals surface area contributed by atoms with Crippen LogP contribution in [-0.4, -0.2) is 16.9 Å². The summed E-state index contributed by atoms with van der Waals surface area (Å²) in [6, 6.07) is 5.92. The number of hydrogen-bond donors (Lipinski definition) is 2. The minimum Gasteiger partial charge on any atom is -0.327 e. The number of nitrogens with one attached hydrogen (secondary N) is 1. The molecule has 6 heteroatoms. The van der Waals surface area contributed by atoms with E-state index < -0.39 is 4.92 Å². The van der Waals surface area contributed by atoms with Crippen molar-refractivity contribution in [2.75, 3.05) is 5.32 Å². The van der Waals surface area contributed by atoms with Crippen molar-refractivity contribution in [2.45, 2.75) is 25.3 Å². The fourth-order valence-corrected chi connectivity index (χ4v) is 3.65. The van der Waals surface area contributed by atoms with Gasteiger partial charge in [-0.2, -0.15) is 0 Å². The Morgan fingerprint density at radius 2 is 2.10 bits per heavy atom. The van der Waals surface area contributed by atoms with Crippen molar-refractivity contribution in [1.82, 2.24) is 0 Å². The van der Waals surface area contributed by atoms with Crippen molar-refractivity contribution in [3.63, 3.8) is 0 Å². The molecule has 6 nitrogen and oxygen atoms in total. The monoisotopic (exact) mass is 275 g/mol. The highest BCUT2D eigenvalue weighted by molar-refractivity contribution is 5.93. The number of nitrogens with zero attached hydrogens (tertiary/aromatic N) is 1. The Kier molecular flexibility index (Phi) is 3.17.